The maximum Gasteiger partial charge on any atom is 0.249 e. The molecule has 1 aromatic rings. The average Bonchev–Trinajstić information content (AvgIpc) is 2.69. The van der Waals surface area contributed by atoms with E-state index >= 15 is 0 Å². The van der Waals surface area contributed by atoms with Crippen molar-refractivity contribution >= 4 is 16.0 Å². The number of hydrogen-bond acceptors (Lipinski definition) is 8. The molecule has 12 heteroatoms. The molecular weight excluding hydrogens is 442 g/mol. The van der Waals surface area contributed by atoms with Crippen molar-refractivity contribution < 1.29 is 21.9 Å². The molecule has 3 fully saturated rings. The first kappa shape index (κ1) is 23.1. The lowest BCUT2D eigenvalue weighted by molar-refractivity contribution is -0.165. The standard InChI is InChI=1S/C20H28F2N6O3S/c1-19(11-20(21,22)12-19)13-31-17-14(7-23)8-24-18(26-17)25-15-3-5-28(6-4-15)32(29,30)16-9-27(2)10-16/h8,15-16H,3-6,9-13H2,1-2H3,(H,24,25,26). The quantitative estimate of drug-likeness (QED) is 0.641. The molecule has 1 saturated carbocycles. The molecule has 0 spiro atoms. The Bertz CT molecular complexity index is 993. The van der Waals surface area contributed by atoms with Crippen LogP contribution in [0.1, 0.15) is 38.2 Å². The van der Waals surface area contributed by atoms with E-state index in [0.717, 1.165) is 0 Å². The number of nitrogens with zero attached hydrogens (tertiary/aromatic N) is 5. The number of rotatable bonds is 7. The molecular formula is C20H28F2N6O3S. The zero-order chi connectivity index (χ0) is 23.1. The lowest BCUT2D eigenvalue weighted by Crippen LogP contribution is -2.58. The van der Waals surface area contributed by atoms with Gasteiger partial charge in [-0.1, -0.05) is 6.92 Å². The van der Waals surface area contributed by atoms with Crippen LogP contribution in [0.4, 0.5) is 14.7 Å². The van der Waals surface area contributed by atoms with Gasteiger partial charge in [-0.3, -0.25) is 0 Å². The number of likely N-dealkylation sites (tertiary alicyclic amines) is 1. The summed E-state index contributed by atoms with van der Waals surface area (Å²) < 4.78 is 59.0. The Morgan fingerprint density at radius 2 is 1.97 bits per heavy atom. The molecule has 0 unspecified atom stereocenters. The minimum atomic E-state index is -3.27. The van der Waals surface area contributed by atoms with Gasteiger partial charge in [0.1, 0.15) is 16.9 Å². The first-order valence-electron chi connectivity index (χ1n) is 10.7. The minimum Gasteiger partial charge on any atom is -0.476 e. The number of nitriles is 1. The van der Waals surface area contributed by atoms with Crippen molar-refractivity contribution in [3.63, 3.8) is 0 Å². The van der Waals surface area contributed by atoms with Gasteiger partial charge in [-0.25, -0.2) is 26.5 Å². The van der Waals surface area contributed by atoms with E-state index in [9.17, 15) is 22.5 Å². The molecule has 1 aromatic heterocycles. The predicted molar refractivity (Wildman–Crippen MR) is 113 cm³/mol. The first-order chi connectivity index (χ1) is 15.0. The molecule has 3 heterocycles. The van der Waals surface area contributed by atoms with Gasteiger partial charge >= 0.3 is 0 Å². The summed E-state index contributed by atoms with van der Waals surface area (Å²) in [5.41, 5.74) is -0.515. The van der Waals surface area contributed by atoms with Gasteiger partial charge in [0.25, 0.3) is 0 Å². The Hall–Kier alpha value is -2.10. The molecule has 0 amide bonds. The third-order valence-electron chi connectivity index (χ3n) is 6.40. The molecule has 0 atom stereocenters. The molecule has 9 nitrogen and oxygen atoms in total. The van der Waals surface area contributed by atoms with E-state index in [1.165, 1.54) is 6.20 Å². The zero-order valence-corrected chi connectivity index (χ0v) is 19.0. The number of nitrogens with one attached hydrogen (secondary N) is 1. The number of alkyl halides is 2. The lowest BCUT2D eigenvalue weighted by atomic mass is 9.68. The SMILES string of the molecule is CN1CC(S(=O)(=O)N2CCC(Nc3ncc(C#N)c(OCC4(C)CC(F)(F)C4)n3)CC2)C1. The van der Waals surface area contributed by atoms with Crippen LogP contribution in [-0.4, -0.2) is 84.6 Å². The molecule has 2 aliphatic heterocycles. The van der Waals surface area contributed by atoms with Crippen LogP contribution in [-0.2, 0) is 10.0 Å². The largest absolute Gasteiger partial charge is 0.476 e. The topological polar surface area (TPSA) is 111 Å². The second kappa shape index (κ2) is 8.35. The van der Waals surface area contributed by atoms with Crippen LogP contribution >= 0.6 is 0 Å². The Kier molecular flexibility index (Phi) is 6.02. The summed E-state index contributed by atoms with van der Waals surface area (Å²) in [5.74, 6) is -2.33. The molecule has 0 radical (unpaired) electrons. The highest BCUT2D eigenvalue weighted by Crippen LogP contribution is 2.51. The molecule has 176 valence electrons. The van der Waals surface area contributed by atoms with Crippen LogP contribution < -0.4 is 10.1 Å². The van der Waals surface area contributed by atoms with Gasteiger partial charge in [-0.2, -0.15) is 10.2 Å². The number of halogens is 2. The predicted octanol–water partition coefficient (Wildman–Crippen LogP) is 1.68. The Morgan fingerprint density at radius 1 is 1.31 bits per heavy atom. The van der Waals surface area contributed by atoms with Crippen LogP contribution in [0.25, 0.3) is 0 Å². The summed E-state index contributed by atoms with van der Waals surface area (Å²) in [6, 6.07) is 1.94. The van der Waals surface area contributed by atoms with Gasteiger partial charge in [0.15, 0.2) is 0 Å². The maximum atomic E-state index is 13.2. The summed E-state index contributed by atoms with van der Waals surface area (Å²) in [4.78, 5) is 10.4. The summed E-state index contributed by atoms with van der Waals surface area (Å²) in [7, 11) is -1.37. The van der Waals surface area contributed by atoms with Crippen LogP contribution in [0.5, 0.6) is 5.88 Å². The smallest absolute Gasteiger partial charge is 0.249 e. The van der Waals surface area contributed by atoms with E-state index < -0.39 is 21.4 Å². The third-order valence-corrected chi connectivity index (χ3v) is 8.63. The van der Waals surface area contributed by atoms with E-state index in [-0.39, 0.29) is 48.1 Å². The summed E-state index contributed by atoms with van der Waals surface area (Å²) >= 11 is 0. The fourth-order valence-corrected chi connectivity index (χ4v) is 6.67. The lowest BCUT2D eigenvalue weighted by Gasteiger charge is -2.44. The van der Waals surface area contributed by atoms with E-state index in [2.05, 4.69) is 15.3 Å². The average molecular weight is 471 g/mol. The molecule has 2 saturated heterocycles. The Balaban J connectivity index is 1.33. The van der Waals surface area contributed by atoms with Crippen molar-refractivity contribution in [2.24, 2.45) is 5.41 Å². The summed E-state index contributed by atoms with van der Waals surface area (Å²) in [6.07, 6.45) is 2.05. The van der Waals surface area contributed by atoms with Crippen molar-refractivity contribution in [1.29, 1.82) is 5.26 Å². The van der Waals surface area contributed by atoms with Crippen molar-refractivity contribution in [2.75, 3.05) is 45.2 Å². The fourth-order valence-electron chi connectivity index (χ4n) is 4.64. The zero-order valence-electron chi connectivity index (χ0n) is 18.2. The van der Waals surface area contributed by atoms with Crippen LogP contribution in [0, 0.1) is 16.7 Å². The highest BCUT2D eigenvalue weighted by Gasteiger charge is 2.54. The number of aromatic nitrogens is 2. The van der Waals surface area contributed by atoms with Gasteiger partial charge in [0.2, 0.25) is 27.8 Å². The maximum absolute atomic E-state index is 13.2. The van der Waals surface area contributed by atoms with Crippen molar-refractivity contribution in [3.8, 4) is 11.9 Å². The van der Waals surface area contributed by atoms with E-state index in [4.69, 9.17) is 4.74 Å². The van der Waals surface area contributed by atoms with Crippen molar-refractivity contribution in [2.45, 2.75) is 49.8 Å². The number of piperidine rings is 1. The third kappa shape index (κ3) is 4.79. The highest BCUT2D eigenvalue weighted by molar-refractivity contribution is 7.89. The molecule has 32 heavy (non-hydrogen) atoms. The molecule has 0 aromatic carbocycles. The molecule has 0 bridgehead atoms. The first-order valence-corrected chi connectivity index (χ1v) is 12.2. The van der Waals surface area contributed by atoms with Crippen molar-refractivity contribution in [1.82, 2.24) is 19.2 Å². The number of anilines is 1. The second-order valence-electron chi connectivity index (χ2n) is 9.54. The molecule has 1 aliphatic carbocycles. The van der Waals surface area contributed by atoms with E-state index in [1.807, 2.05) is 18.0 Å². The highest BCUT2D eigenvalue weighted by atomic mass is 32.2. The van der Waals surface area contributed by atoms with Crippen molar-refractivity contribution in [3.05, 3.63) is 11.8 Å². The Labute approximate surface area is 186 Å². The fraction of sp³-hybridized carbons (Fsp3) is 0.750. The summed E-state index contributed by atoms with van der Waals surface area (Å²) in [6.45, 7) is 3.75. The number of sulfonamides is 1. The van der Waals surface area contributed by atoms with Crippen LogP contribution in [0.2, 0.25) is 0 Å². The van der Waals surface area contributed by atoms with Crippen LogP contribution in [0.3, 0.4) is 0 Å². The number of hydrogen-bond donors (Lipinski definition) is 1. The van der Waals surface area contributed by atoms with Gasteiger partial charge in [-0.15, -0.1) is 0 Å². The Morgan fingerprint density at radius 3 is 2.53 bits per heavy atom. The number of ether oxygens (including phenoxy) is 1. The van der Waals surface area contributed by atoms with Gasteiger partial charge in [0.05, 0.1) is 12.8 Å². The van der Waals surface area contributed by atoms with Gasteiger partial charge < -0.3 is 15.0 Å². The van der Waals surface area contributed by atoms with E-state index in [1.54, 1.807) is 11.2 Å². The molecule has 3 aliphatic rings. The summed E-state index contributed by atoms with van der Waals surface area (Å²) in [5, 5.41) is 12.2. The monoisotopic (exact) mass is 470 g/mol. The minimum absolute atomic E-state index is 0.0193. The molecule has 4 rings (SSSR count). The molecule has 1 N–H and O–H groups in total. The van der Waals surface area contributed by atoms with E-state index in [0.29, 0.717) is 39.0 Å². The second-order valence-corrected chi connectivity index (χ2v) is 11.8. The van der Waals surface area contributed by atoms with Gasteiger partial charge in [-0.05, 0) is 19.9 Å². The van der Waals surface area contributed by atoms with Gasteiger partial charge in [0, 0.05) is 50.5 Å². The van der Waals surface area contributed by atoms with Crippen LogP contribution in [0.15, 0.2) is 6.20 Å². The normalized spacial score (nSPS) is 24.2.